The minimum atomic E-state index is -0.0410. The second kappa shape index (κ2) is 8.66. The Morgan fingerprint density at radius 2 is 2.04 bits per heavy atom. The third-order valence-corrected chi connectivity index (χ3v) is 4.40. The first-order valence-corrected chi connectivity index (χ1v) is 9.34. The van der Waals surface area contributed by atoms with E-state index < -0.39 is 0 Å². The van der Waals surface area contributed by atoms with Crippen molar-refractivity contribution in [3.63, 3.8) is 0 Å². The van der Waals surface area contributed by atoms with Crippen LogP contribution >= 0.6 is 0 Å². The standard InChI is InChI=1S/C21H26N4O2/c1-15(2)20-23-11-13-25(20)12-7-10-22-19(26)14-18-16(3)27-21(24-18)17-8-5-4-6-9-17/h4-6,8-9,11,13,15H,7,10,12,14H2,1-3H3,(H,22,26). The number of amides is 1. The lowest BCUT2D eigenvalue weighted by molar-refractivity contribution is -0.120. The molecule has 0 saturated carbocycles. The summed E-state index contributed by atoms with van der Waals surface area (Å²) in [6.07, 6.45) is 4.89. The zero-order valence-corrected chi connectivity index (χ0v) is 16.1. The molecule has 2 aromatic heterocycles. The molecule has 1 aromatic carbocycles. The van der Waals surface area contributed by atoms with Gasteiger partial charge in [0.1, 0.15) is 11.6 Å². The van der Waals surface area contributed by atoms with Crippen molar-refractivity contribution in [2.24, 2.45) is 0 Å². The van der Waals surface area contributed by atoms with Crippen LogP contribution < -0.4 is 5.32 Å². The number of carbonyl (C=O) groups excluding carboxylic acids is 1. The first-order valence-electron chi connectivity index (χ1n) is 9.34. The number of rotatable bonds is 8. The van der Waals surface area contributed by atoms with Crippen LogP contribution in [0.2, 0.25) is 0 Å². The molecule has 0 saturated heterocycles. The van der Waals surface area contributed by atoms with Gasteiger partial charge in [0.15, 0.2) is 0 Å². The predicted octanol–water partition coefficient (Wildman–Crippen LogP) is 3.72. The normalized spacial score (nSPS) is 11.1. The minimum absolute atomic E-state index is 0.0410. The van der Waals surface area contributed by atoms with Gasteiger partial charge in [-0.2, -0.15) is 0 Å². The van der Waals surface area contributed by atoms with Crippen molar-refractivity contribution in [2.45, 2.75) is 46.1 Å². The van der Waals surface area contributed by atoms with E-state index >= 15 is 0 Å². The molecule has 1 N–H and O–H groups in total. The second-order valence-corrected chi connectivity index (χ2v) is 6.90. The fourth-order valence-electron chi connectivity index (χ4n) is 3.00. The molecular weight excluding hydrogens is 340 g/mol. The molecule has 0 fully saturated rings. The number of nitrogens with one attached hydrogen (secondary N) is 1. The molecule has 0 radical (unpaired) electrons. The van der Waals surface area contributed by atoms with Gasteiger partial charge in [0.25, 0.3) is 0 Å². The fourth-order valence-corrected chi connectivity index (χ4v) is 3.00. The van der Waals surface area contributed by atoms with E-state index in [2.05, 4.69) is 33.7 Å². The molecule has 0 spiro atoms. The van der Waals surface area contributed by atoms with Gasteiger partial charge in [-0.25, -0.2) is 9.97 Å². The third-order valence-electron chi connectivity index (χ3n) is 4.40. The van der Waals surface area contributed by atoms with Gasteiger partial charge in [0, 0.05) is 37.0 Å². The highest BCUT2D eigenvalue weighted by molar-refractivity contribution is 5.78. The predicted molar refractivity (Wildman–Crippen MR) is 104 cm³/mol. The molecule has 0 atom stereocenters. The Balaban J connectivity index is 1.48. The Hall–Kier alpha value is -2.89. The van der Waals surface area contributed by atoms with Crippen LogP contribution in [0, 0.1) is 6.92 Å². The molecule has 0 aliphatic carbocycles. The fraction of sp³-hybridized carbons (Fsp3) is 0.381. The average Bonchev–Trinajstić information content (AvgIpc) is 3.27. The number of aryl methyl sites for hydroxylation is 2. The molecule has 0 bridgehead atoms. The van der Waals surface area contributed by atoms with Crippen molar-refractivity contribution in [2.75, 3.05) is 6.54 Å². The van der Waals surface area contributed by atoms with Gasteiger partial charge in [-0.05, 0) is 25.5 Å². The number of hydrogen-bond donors (Lipinski definition) is 1. The minimum Gasteiger partial charge on any atom is -0.441 e. The lowest BCUT2D eigenvalue weighted by atomic mass is 10.2. The summed E-state index contributed by atoms with van der Waals surface area (Å²) in [6.45, 7) is 7.57. The van der Waals surface area contributed by atoms with E-state index in [9.17, 15) is 4.79 Å². The van der Waals surface area contributed by atoms with E-state index in [-0.39, 0.29) is 12.3 Å². The largest absolute Gasteiger partial charge is 0.441 e. The van der Waals surface area contributed by atoms with Gasteiger partial charge >= 0.3 is 0 Å². The number of imidazole rings is 1. The number of nitrogens with zero attached hydrogens (tertiary/aromatic N) is 3. The highest BCUT2D eigenvalue weighted by atomic mass is 16.4. The molecule has 142 valence electrons. The van der Waals surface area contributed by atoms with E-state index in [1.54, 1.807) is 0 Å². The molecule has 6 nitrogen and oxygen atoms in total. The summed E-state index contributed by atoms with van der Waals surface area (Å²) in [4.78, 5) is 21.1. The summed E-state index contributed by atoms with van der Waals surface area (Å²) in [5.41, 5.74) is 1.59. The lowest BCUT2D eigenvalue weighted by Gasteiger charge is -2.10. The number of hydrogen-bond acceptors (Lipinski definition) is 4. The van der Waals surface area contributed by atoms with Crippen molar-refractivity contribution in [3.8, 4) is 11.5 Å². The Morgan fingerprint density at radius 3 is 2.78 bits per heavy atom. The van der Waals surface area contributed by atoms with Gasteiger partial charge in [0.05, 0.1) is 12.1 Å². The number of benzene rings is 1. The van der Waals surface area contributed by atoms with Crippen LogP contribution in [0.4, 0.5) is 0 Å². The van der Waals surface area contributed by atoms with Crippen LogP contribution in [-0.2, 0) is 17.8 Å². The van der Waals surface area contributed by atoms with Crippen LogP contribution in [0.15, 0.2) is 47.1 Å². The summed E-state index contributed by atoms with van der Waals surface area (Å²) in [7, 11) is 0. The Labute approximate surface area is 159 Å². The van der Waals surface area contributed by atoms with E-state index in [1.807, 2.05) is 49.6 Å². The number of carbonyl (C=O) groups is 1. The summed E-state index contributed by atoms with van der Waals surface area (Å²) in [5, 5.41) is 2.96. The monoisotopic (exact) mass is 366 g/mol. The number of aromatic nitrogens is 3. The van der Waals surface area contributed by atoms with E-state index in [0.717, 1.165) is 24.4 Å². The molecule has 0 aliphatic rings. The lowest BCUT2D eigenvalue weighted by Crippen LogP contribution is -2.27. The summed E-state index contributed by atoms with van der Waals surface area (Å²) in [5.74, 6) is 2.67. The average molecular weight is 366 g/mol. The van der Waals surface area contributed by atoms with Crippen molar-refractivity contribution >= 4 is 5.91 Å². The van der Waals surface area contributed by atoms with E-state index in [1.165, 1.54) is 0 Å². The molecular formula is C21H26N4O2. The number of oxazole rings is 1. The van der Waals surface area contributed by atoms with E-state index in [4.69, 9.17) is 4.42 Å². The van der Waals surface area contributed by atoms with Crippen molar-refractivity contribution < 1.29 is 9.21 Å². The van der Waals surface area contributed by atoms with Gasteiger partial charge in [-0.15, -0.1) is 0 Å². The van der Waals surface area contributed by atoms with Crippen LogP contribution in [0.3, 0.4) is 0 Å². The van der Waals surface area contributed by atoms with Crippen molar-refractivity contribution in [1.29, 1.82) is 0 Å². The Bertz CT molecular complexity index is 881. The quantitative estimate of drug-likeness (QED) is 0.617. The Morgan fingerprint density at radius 1 is 1.26 bits per heavy atom. The molecule has 3 aromatic rings. The van der Waals surface area contributed by atoms with Gasteiger partial charge in [0.2, 0.25) is 11.8 Å². The zero-order chi connectivity index (χ0) is 19.2. The maximum Gasteiger partial charge on any atom is 0.226 e. The third kappa shape index (κ3) is 4.84. The first kappa shape index (κ1) is 18.9. The molecule has 1 amide bonds. The summed E-state index contributed by atoms with van der Waals surface area (Å²) in [6, 6.07) is 9.70. The summed E-state index contributed by atoms with van der Waals surface area (Å²) >= 11 is 0. The van der Waals surface area contributed by atoms with Crippen molar-refractivity contribution in [1.82, 2.24) is 19.9 Å². The highest BCUT2D eigenvalue weighted by Crippen LogP contribution is 2.21. The molecule has 0 unspecified atom stereocenters. The smallest absolute Gasteiger partial charge is 0.226 e. The topological polar surface area (TPSA) is 73.0 Å². The second-order valence-electron chi connectivity index (χ2n) is 6.90. The van der Waals surface area contributed by atoms with Gasteiger partial charge < -0.3 is 14.3 Å². The van der Waals surface area contributed by atoms with Crippen LogP contribution in [0.5, 0.6) is 0 Å². The summed E-state index contributed by atoms with van der Waals surface area (Å²) < 4.78 is 7.85. The highest BCUT2D eigenvalue weighted by Gasteiger charge is 2.14. The van der Waals surface area contributed by atoms with Crippen molar-refractivity contribution in [3.05, 3.63) is 60.0 Å². The van der Waals surface area contributed by atoms with Gasteiger partial charge in [-0.1, -0.05) is 32.0 Å². The van der Waals surface area contributed by atoms with Gasteiger partial charge in [-0.3, -0.25) is 4.79 Å². The van der Waals surface area contributed by atoms with Crippen LogP contribution in [-0.4, -0.2) is 27.0 Å². The zero-order valence-electron chi connectivity index (χ0n) is 16.1. The maximum atomic E-state index is 12.2. The Kier molecular flexibility index (Phi) is 6.06. The molecule has 6 heteroatoms. The molecule has 0 aliphatic heterocycles. The molecule has 3 rings (SSSR count). The van der Waals surface area contributed by atoms with E-state index in [0.29, 0.717) is 29.8 Å². The molecule has 27 heavy (non-hydrogen) atoms. The van der Waals surface area contributed by atoms with Crippen LogP contribution in [0.1, 0.15) is 43.5 Å². The molecule has 2 heterocycles. The maximum absolute atomic E-state index is 12.2. The van der Waals surface area contributed by atoms with Crippen LogP contribution in [0.25, 0.3) is 11.5 Å². The first-order chi connectivity index (χ1) is 13.0. The SMILES string of the molecule is Cc1oc(-c2ccccc2)nc1CC(=O)NCCCn1ccnc1C(C)C.